The van der Waals surface area contributed by atoms with E-state index >= 15 is 0 Å². The molecule has 2 N–H and O–H groups in total. The molecule has 3 unspecified atom stereocenters. The summed E-state index contributed by atoms with van der Waals surface area (Å²) in [5.74, 6) is 7.15. The molecule has 0 aromatic heterocycles. The Balaban J connectivity index is 1.47. The molecule has 0 bridgehead atoms. The molecule has 3 saturated heterocycles. The molecule has 1 aromatic carbocycles. The number of hydrogen-bond donors (Lipinski definition) is 1. The Labute approximate surface area is 227 Å². The van der Waals surface area contributed by atoms with Crippen LogP contribution in [0, 0.1) is 5.92 Å². The molecule has 0 aliphatic carbocycles. The number of ether oxygens (including phenoxy) is 2. The van der Waals surface area contributed by atoms with Crippen molar-refractivity contribution in [2.45, 2.75) is 34.1 Å². The summed E-state index contributed by atoms with van der Waals surface area (Å²) in [5.41, 5.74) is 1.87. The Morgan fingerprint density at radius 3 is 2.67 bits per heavy atom. The van der Waals surface area contributed by atoms with Gasteiger partial charge in [0.25, 0.3) is 0 Å². The van der Waals surface area contributed by atoms with Crippen LogP contribution in [0.2, 0.25) is 0 Å². The summed E-state index contributed by atoms with van der Waals surface area (Å²) < 4.78 is 37.0. The van der Waals surface area contributed by atoms with Crippen LogP contribution in [-0.2, 0) is 24.1 Å². The van der Waals surface area contributed by atoms with Gasteiger partial charge >= 0.3 is 0 Å². The number of benzene rings is 1. The monoisotopic (exact) mass is 630 g/mol. The molecule has 11 heteroatoms. The van der Waals surface area contributed by atoms with Crippen LogP contribution < -0.4 is 5.84 Å². The molecule has 4 aliphatic rings. The minimum absolute atomic E-state index is 0.0296. The van der Waals surface area contributed by atoms with Gasteiger partial charge in [-0.05, 0) is 43.4 Å². The number of amides is 1. The lowest BCUT2D eigenvalue weighted by atomic mass is 9.98. The smallest absolute Gasteiger partial charge is 0.239 e. The normalized spacial score (nSPS) is 27.6. The van der Waals surface area contributed by atoms with E-state index in [1.54, 1.807) is 22.0 Å². The number of hydrogen-bond acceptors (Lipinski definition) is 8. The van der Waals surface area contributed by atoms with Crippen molar-refractivity contribution in [3.8, 4) is 0 Å². The highest BCUT2D eigenvalue weighted by Gasteiger charge is 2.40. The van der Waals surface area contributed by atoms with Gasteiger partial charge in [0.05, 0.1) is 42.2 Å². The Bertz CT molecular complexity index is 1100. The fourth-order valence-corrected chi connectivity index (χ4v) is 8.61. The fourth-order valence-electron chi connectivity index (χ4n) is 5.75. The van der Waals surface area contributed by atoms with E-state index in [1.807, 2.05) is 12.1 Å². The number of hydrazine groups is 1. The Hall–Kier alpha value is -1.25. The lowest BCUT2D eigenvalue weighted by molar-refractivity contribution is -0.133. The van der Waals surface area contributed by atoms with Gasteiger partial charge in [0.2, 0.25) is 5.91 Å². The standard InChI is InChI=1S/C25H35IN4O5S/c26-23(25(31)29-9-12-34-13-10-29)21-17-36(32,33)22-6-2-1-5-20(22)24(21)30(27)19-4-3-8-28(15-19)14-18-7-11-35-16-18/h1-2,5-6,18-19,23H,3-4,7-17,27H2. The number of carbonyl (C=O) groups excluding carboxylic acids is 1. The summed E-state index contributed by atoms with van der Waals surface area (Å²) in [6.07, 6.45) is 3.03. The van der Waals surface area contributed by atoms with Gasteiger partial charge in [-0.15, -0.1) is 0 Å². The third-order valence-corrected chi connectivity index (χ3v) is 10.6. The van der Waals surface area contributed by atoms with Crippen LogP contribution in [0.15, 0.2) is 34.7 Å². The second kappa shape index (κ2) is 11.2. The minimum Gasteiger partial charge on any atom is -0.381 e. The first-order valence-electron chi connectivity index (χ1n) is 12.7. The van der Waals surface area contributed by atoms with Crippen molar-refractivity contribution in [1.29, 1.82) is 0 Å². The van der Waals surface area contributed by atoms with E-state index in [2.05, 4.69) is 27.5 Å². The zero-order chi connectivity index (χ0) is 25.3. The number of halogens is 1. The number of nitrogens with zero attached hydrogens (tertiary/aromatic N) is 3. The summed E-state index contributed by atoms with van der Waals surface area (Å²) in [5, 5.41) is 1.78. The Morgan fingerprint density at radius 1 is 1.14 bits per heavy atom. The van der Waals surface area contributed by atoms with Crippen LogP contribution in [-0.4, -0.2) is 104 Å². The number of alkyl halides is 1. The van der Waals surface area contributed by atoms with Crippen LogP contribution in [0.4, 0.5) is 0 Å². The first-order valence-corrected chi connectivity index (χ1v) is 15.6. The SMILES string of the molecule is NN(C1=C(C(I)C(=O)N2CCOCC2)CS(=O)(=O)c2ccccc21)C1CCCN(CC2CCOC2)C1. The number of piperidine rings is 1. The summed E-state index contributed by atoms with van der Waals surface area (Å²) in [7, 11) is -3.59. The number of nitrogens with two attached hydrogens (primary N) is 1. The first kappa shape index (κ1) is 26.4. The molecule has 9 nitrogen and oxygen atoms in total. The van der Waals surface area contributed by atoms with Crippen LogP contribution in [0.5, 0.6) is 0 Å². The highest BCUT2D eigenvalue weighted by atomic mass is 127. The van der Waals surface area contributed by atoms with Crippen molar-refractivity contribution in [3.63, 3.8) is 0 Å². The molecule has 4 aliphatic heterocycles. The molecule has 1 aromatic rings. The van der Waals surface area contributed by atoms with Gasteiger partial charge in [-0.3, -0.25) is 4.79 Å². The van der Waals surface area contributed by atoms with E-state index in [9.17, 15) is 13.2 Å². The van der Waals surface area contributed by atoms with Gasteiger partial charge < -0.3 is 24.3 Å². The van der Waals surface area contributed by atoms with Crippen molar-refractivity contribution in [1.82, 2.24) is 14.8 Å². The van der Waals surface area contributed by atoms with Gasteiger partial charge in [-0.2, -0.15) is 0 Å². The molecule has 0 saturated carbocycles. The van der Waals surface area contributed by atoms with Gasteiger partial charge in [0.15, 0.2) is 9.84 Å². The predicted octanol–water partition coefficient (Wildman–Crippen LogP) is 1.52. The lowest BCUT2D eigenvalue weighted by Crippen LogP contribution is -2.52. The van der Waals surface area contributed by atoms with Crippen LogP contribution in [0.1, 0.15) is 24.8 Å². The van der Waals surface area contributed by atoms with E-state index in [4.69, 9.17) is 15.3 Å². The predicted molar refractivity (Wildman–Crippen MR) is 145 cm³/mol. The van der Waals surface area contributed by atoms with Crippen molar-refractivity contribution < 1.29 is 22.7 Å². The highest BCUT2D eigenvalue weighted by molar-refractivity contribution is 14.1. The molecule has 1 amide bonds. The van der Waals surface area contributed by atoms with Gasteiger partial charge in [-0.25, -0.2) is 14.3 Å². The van der Waals surface area contributed by atoms with Crippen molar-refractivity contribution >= 4 is 44.0 Å². The van der Waals surface area contributed by atoms with E-state index in [0.717, 1.165) is 52.1 Å². The average Bonchev–Trinajstić information content (AvgIpc) is 3.41. The minimum atomic E-state index is -3.59. The van der Waals surface area contributed by atoms with Crippen LogP contribution in [0.3, 0.4) is 0 Å². The second-order valence-electron chi connectivity index (χ2n) is 10.1. The molecule has 198 valence electrons. The maximum absolute atomic E-state index is 13.5. The van der Waals surface area contributed by atoms with E-state index in [0.29, 0.717) is 49.1 Å². The molecule has 3 fully saturated rings. The van der Waals surface area contributed by atoms with Gasteiger partial charge in [-0.1, -0.05) is 40.8 Å². The zero-order valence-electron chi connectivity index (χ0n) is 20.5. The zero-order valence-corrected chi connectivity index (χ0v) is 23.5. The number of likely N-dealkylation sites (tertiary alicyclic amines) is 1. The largest absolute Gasteiger partial charge is 0.381 e. The number of sulfone groups is 1. The lowest BCUT2D eigenvalue weighted by Gasteiger charge is -2.42. The summed E-state index contributed by atoms with van der Waals surface area (Å²) >= 11 is 2.10. The fraction of sp³-hybridized carbons (Fsp3) is 0.640. The average molecular weight is 631 g/mol. The third kappa shape index (κ3) is 5.46. The molecule has 0 radical (unpaired) electrons. The summed E-state index contributed by atoms with van der Waals surface area (Å²) in [4.78, 5) is 18.0. The van der Waals surface area contributed by atoms with Crippen LogP contribution in [0.25, 0.3) is 5.70 Å². The molecule has 36 heavy (non-hydrogen) atoms. The summed E-state index contributed by atoms with van der Waals surface area (Å²) in [6, 6.07) is 7.08. The quantitative estimate of drug-likeness (QED) is 0.219. The molecule has 4 heterocycles. The maximum Gasteiger partial charge on any atom is 0.239 e. The van der Waals surface area contributed by atoms with E-state index in [-0.39, 0.29) is 22.6 Å². The second-order valence-corrected chi connectivity index (χ2v) is 13.3. The molecule has 3 atom stereocenters. The van der Waals surface area contributed by atoms with Crippen molar-refractivity contribution in [3.05, 3.63) is 35.4 Å². The van der Waals surface area contributed by atoms with Gasteiger partial charge in [0, 0.05) is 38.3 Å². The molecule has 0 spiro atoms. The Morgan fingerprint density at radius 2 is 1.92 bits per heavy atom. The topological polar surface area (TPSA) is 105 Å². The first-order chi connectivity index (χ1) is 17.3. The number of fused-ring (bicyclic) bond motifs is 1. The molecule has 5 rings (SSSR count). The number of morpholine rings is 1. The molecular formula is C25H35IN4O5S. The summed E-state index contributed by atoms with van der Waals surface area (Å²) in [6.45, 7) is 6.49. The Kier molecular flexibility index (Phi) is 8.23. The van der Waals surface area contributed by atoms with E-state index < -0.39 is 13.8 Å². The van der Waals surface area contributed by atoms with Crippen LogP contribution >= 0.6 is 22.6 Å². The highest BCUT2D eigenvalue weighted by Crippen LogP contribution is 2.39. The van der Waals surface area contributed by atoms with Gasteiger partial charge in [0.1, 0.15) is 3.92 Å². The van der Waals surface area contributed by atoms with Crippen molar-refractivity contribution in [2.75, 3.05) is 64.9 Å². The van der Waals surface area contributed by atoms with E-state index in [1.165, 1.54) is 0 Å². The number of rotatable bonds is 6. The third-order valence-electron chi connectivity index (χ3n) is 7.65. The van der Waals surface area contributed by atoms with Crippen molar-refractivity contribution in [2.24, 2.45) is 11.8 Å². The maximum atomic E-state index is 13.5. The number of carbonyl (C=O) groups is 1. The molecular weight excluding hydrogens is 595 g/mol.